The molecule has 7 nitrogen and oxygen atoms in total. The summed E-state index contributed by atoms with van der Waals surface area (Å²) in [5, 5.41) is 4.97. The molecule has 1 aliphatic heterocycles. The summed E-state index contributed by atoms with van der Waals surface area (Å²) in [7, 11) is 0. The van der Waals surface area contributed by atoms with E-state index in [1.165, 1.54) is 32.1 Å². The topological polar surface area (TPSA) is 93.1 Å². The maximum atomic E-state index is 12.6. The van der Waals surface area contributed by atoms with Crippen LogP contribution in [0.15, 0.2) is 18.2 Å². The fourth-order valence-corrected chi connectivity index (χ4v) is 4.23. The molecular formula is C20H24N4O3. The summed E-state index contributed by atoms with van der Waals surface area (Å²) in [4.78, 5) is 40.3. The van der Waals surface area contributed by atoms with E-state index in [1.807, 2.05) is 13.0 Å². The number of carbonyl (C=O) groups excluding carboxylic acids is 3. The molecule has 1 aromatic heterocycles. The lowest BCUT2D eigenvalue weighted by Crippen LogP contribution is -2.52. The van der Waals surface area contributed by atoms with Crippen molar-refractivity contribution in [1.82, 2.24) is 20.2 Å². The lowest BCUT2D eigenvalue weighted by molar-refractivity contribution is -0.134. The summed E-state index contributed by atoms with van der Waals surface area (Å²) in [6.45, 7) is 2.01. The van der Waals surface area contributed by atoms with Gasteiger partial charge in [0.15, 0.2) is 0 Å². The van der Waals surface area contributed by atoms with Gasteiger partial charge in [-0.1, -0.05) is 19.3 Å². The van der Waals surface area contributed by atoms with Gasteiger partial charge in [0, 0.05) is 18.0 Å². The summed E-state index contributed by atoms with van der Waals surface area (Å²) >= 11 is 0. The first-order chi connectivity index (χ1) is 13.0. The van der Waals surface area contributed by atoms with Crippen molar-refractivity contribution < 1.29 is 14.4 Å². The molecule has 1 aromatic carbocycles. The van der Waals surface area contributed by atoms with Gasteiger partial charge in [-0.15, -0.1) is 0 Å². The lowest BCUT2D eigenvalue weighted by atomic mass is 9.95. The normalized spacial score (nSPS) is 21.3. The molecule has 3 amide bonds. The molecule has 4 rings (SSSR count). The van der Waals surface area contributed by atoms with Crippen LogP contribution in [-0.2, 0) is 9.59 Å². The highest BCUT2D eigenvalue weighted by molar-refractivity contribution is 6.04. The third kappa shape index (κ3) is 3.46. The molecule has 2 heterocycles. The van der Waals surface area contributed by atoms with Crippen molar-refractivity contribution in [2.45, 2.75) is 64.0 Å². The Bertz CT molecular complexity index is 911. The summed E-state index contributed by atoms with van der Waals surface area (Å²) < 4.78 is 2.30. The van der Waals surface area contributed by atoms with Crippen LogP contribution in [0.2, 0.25) is 0 Å². The monoisotopic (exact) mass is 368 g/mol. The zero-order chi connectivity index (χ0) is 19.0. The summed E-state index contributed by atoms with van der Waals surface area (Å²) in [5.74, 6) is -0.0929. The number of imidazole rings is 1. The van der Waals surface area contributed by atoms with Crippen LogP contribution in [0.5, 0.6) is 0 Å². The number of hydrogen-bond acceptors (Lipinski definition) is 4. The Morgan fingerprint density at radius 3 is 2.70 bits per heavy atom. The number of imide groups is 1. The number of piperidine rings is 1. The van der Waals surface area contributed by atoms with Crippen LogP contribution in [0.1, 0.15) is 67.2 Å². The highest BCUT2D eigenvalue weighted by atomic mass is 16.2. The van der Waals surface area contributed by atoms with E-state index in [2.05, 4.69) is 20.2 Å². The third-order valence-electron chi connectivity index (χ3n) is 5.61. The molecule has 0 radical (unpaired) electrons. The van der Waals surface area contributed by atoms with E-state index >= 15 is 0 Å². The Morgan fingerprint density at radius 1 is 1.19 bits per heavy atom. The van der Waals surface area contributed by atoms with Crippen molar-refractivity contribution in [3.63, 3.8) is 0 Å². The highest BCUT2D eigenvalue weighted by Gasteiger charge is 2.28. The van der Waals surface area contributed by atoms with Gasteiger partial charge in [0.05, 0.1) is 11.0 Å². The van der Waals surface area contributed by atoms with E-state index < -0.39 is 11.9 Å². The minimum Gasteiger partial charge on any atom is -0.340 e. The number of carbonyl (C=O) groups is 3. The molecule has 2 aromatic rings. The number of nitrogens with one attached hydrogen (secondary N) is 2. The van der Waals surface area contributed by atoms with Crippen LogP contribution in [-0.4, -0.2) is 33.3 Å². The number of fused-ring (bicyclic) bond motifs is 1. The van der Waals surface area contributed by atoms with Gasteiger partial charge in [-0.2, -0.15) is 0 Å². The average Bonchev–Trinajstić information content (AvgIpc) is 2.99. The van der Waals surface area contributed by atoms with Crippen molar-refractivity contribution >= 4 is 28.8 Å². The SMILES string of the molecule is Cc1nc2cc(C(=O)NC3CCC(=O)NC3=O)ccc2n1C1CCCCC1. The second kappa shape index (κ2) is 7.13. The van der Waals surface area contributed by atoms with Crippen LogP contribution < -0.4 is 10.6 Å². The Kier molecular flexibility index (Phi) is 4.68. The number of rotatable bonds is 3. The van der Waals surface area contributed by atoms with Crippen molar-refractivity contribution in [2.24, 2.45) is 0 Å². The fourth-order valence-electron chi connectivity index (χ4n) is 4.23. The molecule has 7 heteroatoms. The molecule has 2 N–H and O–H groups in total. The largest absolute Gasteiger partial charge is 0.340 e. The molecule has 1 unspecified atom stereocenters. The number of hydrogen-bond donors (Lipinski definition) is 2. The molecule has 2 fully saturated rings. The van der Waals surface area contributed by atoms with Gasteiger partial charge in [0.25, 0.3) is 5.91 Å². The molecule has 0 bridgehead atoms. The predicted molar refractivity (Wildman–Crippen MR) is 100 cm³/mol. The Labute approximate surface area is 157 Å². The smallest absolute Gasteiger partial charge is 0.252 e. The first kappa shape index (κ1) is 17.7. The van der Waals surface area contributed by atoms with Crippen molar-refractivity contribution in [3.05, 3.63) is 29.6 Å². The first-order valence-electron chi connectivity index (χ1n) is 9.66. The third-order valence-corrected chi connectivity index (χ3v) is 5.61. The Hall–Kier alpha value is -2.70. The van der Waals surface area contributed by atoms with Crippen LogP contribution in [0, 0.1) is 6.92 Å². The maximum Gasteiger partial charge on any atom is 0.252 e. The van der Waals surface area contributed by atoms with E-state index in [-0.39, 0.29) is 18.2 Å². The number of nitrogens with zero attached hydrogens (tertiary/aromatic N) is 2. The predicted octanol–water partition coefficient (Wildman–Crippen LogP) is 2.38. The van der Waals surface area contributed by atoms with E-state index in [1.54, 1.807) is 12.1 Å². The molecule has 1 saturated heterocycles. The van der Waals surface area contributed by atoms with Gasteiger partial charge >= 0.3 is 0 Å². The number of aryl methyl sites for hydroxylation is 1. The zero-order valence-electron chi connectivity index (χ0n) is 15.5. The van der Waals surface area contributed by atoms with Gasteiger partial charge in [-0.05, 0) is 44.4 Å². The van der Waals surface area contributed by atoms with E-state index in [0.717, 1.165) is 16.9 Å². The van der Waals surface area contributed by atoms with Crippen LogP contribution in [0.4, 0.5) is 0 Å². The minimum absolute atomic E-state index is 0.237. The van der Waals surface area contributed by atoms with Crippen LogP contribution in [0.25, 0.3) is 11.0 Å². The molecule has 142 valence electrons. The summed E-state index contributed by atoms with van der Waals surface area (Å²) in [5.41, 5.74) is 2.33. The first-order valence-corrected chi connectivity index (χ1v) is 9.66. The fraction of sp³-hybridized carbons (Fsp3) is 0.500. The van der Waals surface area contributed by atoms with Crippen LogP contribution >= 0.6 is 0 Å². The maximum absolute atomic E-state index is 12.6. The van der Waals surface area contributed by atoms with Crippen molar-refractivity contribution in [1.29, 1.82) is 0 Å². The zero-order valence-corrected chi connectivity index (χ0v) is 15.5. The Balaban J connectivity index is 1.55. The number of aromatic nitrogens is 2. The quantitative estimate of drug-likeness (QED) is 0.814. The molecular weight excluding hydrogens is 344 g/mol. The molecule has 2 aliphatic rings. The van der Waals surface area contributed by atoms with Gasteiger partial charge in [-0.3, -0.25) is 19.7 Å². The van der Waals surface area contributed by atoms with Crippen molar-refractivity contribution in [2.75, 3.05) is 0 Å². The van der Waals surface area contributed by atoms with E-state index in [9.17, 15) is 14.4 Å². The van der Waals surface area contributed by atoms with Gasteiger partial charge in [0.2, 0.25) is 11.8 Å². The minimum atomic E-state index is -0.674. The molecule has 27 heavy (non-hydrogen) atoms. The van der Waals surface area contributed by atoms with Crippen LogP contribution in [0.3, 0.4) is 0 Å². The Morgan fingerprint density at radius 2 is 1.96 bits per heavy atom. The number of benzene rings is 1. The van der Waals surface area contributed by atoms with E-state index in [0.29, 0.717) is 18.0 Å². The second-order valence-electron chi connectivity index (χ2n) is 7.50. The van der Waals surface area contributed by atoms with Gasteiger partial charge in [-0.25, -0.2) is 4.98 Å². The number of amides is 3. The summed E-state index contributed by atoms with van der Waals surface area (Å²) in [6, 6.07) is 5.32. The molecule has 0 spiro atoms. The highest BCUT2D eigenvalue weighted by Crippen LogP contribution is 2.32. The van der Waals surface area contributed by atoms with Gasteiger partial charge < -0.3 is 9.88 Å². The molecule has 1 aliphatic carbocycles. The molecule has 1 atom stereocenters. The lowest BCUT2D eigenvalue weighted by Gasteiger charge is -2.25. The molecule has 1 saturated carbocycles. The van der Waals surface area contributed by atoms with Gasteiger partial charge in [0.1, 0.15) is 11.9 Å². The van der Waals surface area contributed by atoms with Crippen molar-refractivity contribution in [3.8, 4) is 0 Å². The average molecular weight is 368 g/mol. The summed E-state index contributed by atoms with van der Waals surface area (Å²) in [6.07, 6.45) is 6.70. The second-order valence-corrected chi connectivity index (χ2v) is 7.50. The standard InChI is InChI=1S/C20H24N4O3/c1-12-21-16-11-13(19(26)22-15-8-10-18(25)23-20(15)27)7-9-17(16)24(12)14-5-3-2-4-6-14/h7,9,11,14-15H,2-6,8,10H2,1H3,(H,22,26)(H,23,25,27). The van der Waals surface area contributed by atoms with E-state index in [4.69, 9.17) is 0 Å².